The van der Waals surface area contributed by atoms with E-state index in [0.717, 1.165) is 33.5 Å². The molecule has 0 aliphatic heterocycles. The van der Waals surface area contributed by atoms with Crippen LogP contribution in [-0.2, 0) is 22.6 Å². The van der Waals surface area contributed by atoms with Crippen molar-refractivity contribution in [1.82, 2.24) is 19.1 Å². The van der Waals surface area contributed by atoms with Crippen molar-refractivity contribution in [2.75, 3.05) is 14.2 Å². The summed E-state index contributed by atoms with van der Waals surface area (Å²) >= 11 is 0. The number of benzene rings is 4. The number of methoxy groups -OCH3 is 2. The van der Waals surface area contributed by atoms with E-state index >= 15 is 0 Å². The van der Waals surface area contributed by atoms with Gasteiger partial charge in [-0.3, -0.25) is 0 Å². The zero-order valence-electron chi connectivity index (χ0n) is 23.1. The Morgan fingerprint density at radius 2 is 1.05 bits per heavy atom. The van der Waals surface area contributed by atoms with Crippen LogP contribution in [0.1, 0.15) is 36.6 Å². The van der Waals surface area contributed by atoms with Crippen LogP contribution >= 0.6 is 0 Å². The average molecular weight is 527 g/mol. The van der Waals surface area contributed by atoms with Gasteiger partial charge in [0.05, 0.1) is 25.3 Å². The lowest BCUT2D eigenvalue weighted by atomic mass is 9.90. The van der Waals surface area contributed by atoms with Crippen molar-refractivity contribution < 1.29 is 9.47 Å². The maximum atomic E-state index is 5.42. The normalized spacial score (nSPS) is 12.8. The van der Waals surface area contributed by atoms with E-state index in [1.807, 2.05) is 35.4 Å². The van der Waals surface area contributed by atoms with Crippen molar-refractivity contribution in [1.29, 1.82) is 0 Å². The molecule has 2 heterocycles. The second kappa shape index (κ2) is 10.9. The molecule has 0 N–H and O–H groups in total. The Morgan fingerprint density at radius 1 is 0.625 bits per heavy atom. The molecule has 2 atom stereocenters. The summed E-state index contributed by atoms with van der Waals surface area (Å²) in [6.45, 7) is 5.47. The van der Waals surface area contributed by atoms with Crippen LogP contribution in [0.2, 0.25) is 0 Å². The summed E-state index contributed by atoms with van der Waals surface area (Å²) in [5, 5.41) is 7.03. The highest BCUT2D eigenvalue weighted by Crippen LogP contribution is 2.37. The molecule has 6 heteroatoms. The minimum Gasteiger partial charge on any atom is -0.380 e. The second-order valence-corrected chi connectivity index (χ2v) is 10.0. The number of hydrogen-bond donors (Lipinski definition) is 0. The van der Waals surface area contributed by atoms with E-state index in [9.17, 15) is 0 Å². The number of rotatable bonds is 6. The van der Waals surface area contributed by atoms with E-state index < -0.39 is 0 Å². The molecule has 0 aliphatic rings. The summed E-state index contributed by atoms with van der Waals surface area (Å²) < 4.78 is 14.9. The molecule has 0 unspecified atom stereocenters. The molecule has 0 saturated heterocycles. The fraction of sp³-hybridized carbons (Fsp3) is 0.235. The predicted molar refractivity (Wildman–Crippen MR) is 160 cm³/mol. The molecular formula is C34H30N4O2. The van der Waals surface area contributed by atoms with Crippen molar-refractivity contribution in [2.45, 2.75) is 39.1 Å². The van der Waals surface area contributed by atoms with Gasteiger partial charge in [0.1, 0.15) is 0 Å². The standard InChI is InChI=1S/C34H30N4O2/c1-23(39-3)21-37-19-17-35-31(37)15-11-25-5-7-27-10-14-30-26(6-8-28-9-13-29(25)33(27)34(28)30)12-16-32-36-18-20-38(32)22-24(2)40-4/h5-10,13-14,17-20,23-24H,21-22H2,1-4H3/t23-,24-/m0/s1. The van der Waals surface area contributed by atoms with Gasteiger partial charge in [0.2, 0.25) is 0 Å². The number of hydrogen-bond acceptors (Lipinski definition) is 4. The second-order valence-electron chi connectivity index (χ2n) is 10.0. The molecule has 6 aromatic rings. The molecule has 0 bridgehead atoms. The number of imidazole rings is 2. The van der Waals surface area contributed by atoms with E-state index in [1.54, 1.807) is 26.6 Å². The number of nitrogens with zero attached hydrogens (tertiary/aromatic N) is 4. The quantitative estimate of drug-likeness (QED) is 0.202. The van der Waals surface area contributed by atoms with E-state index in [-0.39, 0.29) is 12.2 Å². The van der Waals surface area contributed by atoms with Crippen molar-refractivity contribution >= 4 is 32.3 Å². The first-order valence-corrected chi connectivity index (χ1v) is 13.4. The van der Waals surface area contributed by atoms with Gasteiger partial charge < -0.3 is 18.6 Å². The first-order valence-electron chi connectivity index (χ1n) is 13.4. The van der Waals surface area contributed by atoms with E-state index in [4.69, 9.17) is 9.47 Å². The molecule has 0 spiro atoms. The van der Waals surface area contributed by atoms with Gasteiger partial charge >= 0.3 is 0 Å². The third-order valence-corrected chi connectivity index (χ3v) is 7.43. The summed E-state index contributed by atoms with van der Waals surface area (Å²) in [5.74, 6) is 14.8. The molecule has 0 fully saturated rings. The monoisotopic (exact) mass is 526 g/mol. The molecule has 40 heavy (non-hydrogen) atoms. The average Bonchev–Trinajstić information content (AvgIpc) is 3.62. The van der Waals surface area contributed by atoms with E-state index in [0.29, 0.717) is 13.1 Å². The van der Waals surface area contributed by atoms with Crippen LogP contribution in [0.3, 0.4) is 0 Å². The van der Waals surface area contributed by atoms with Crippen molar-refractivity contribution in [3.63, 3.8) is 0 Å². The Hall–Kier alpha value is -4.62. The van der Waals surface area contributed by atoms with Crippen LogP contribution in [0.15, 0.2) is 73.3 Å². The Bertz CT molecular complexity index is 1800. The summed E-state index contributed by atoms with van der Waals surface area (Å²) in [5.41, 5.74) is 1.95. The maximum absolute atomic E-state index is 5.42. The van der Waals surface area contributed by atoms with Crippen molar-refractivity contribution in [3.05, 3.63) is 96.1 Å². The van der Waals surface area contributed by atoms with Crippen LogP contribution in [-0.4, -0.2) is 45.5 Å². The van der Waals surface area contributed by atoms with Gasteiger partial charge in [0.25, 0.3) is 0 Å². The molecule has 0 amide bonds. The van der Waals surface area contributed by atoms with Gasteiger partial charge in [-0.2, -0.15) is 0 Å². The summed E-state index contributed by atoms with van der Waals surface area (Å²) in [7, 11) is 3.43. The Kier molecular flexibility index (Phi) is 6.97. The highest BCUT2D eigenvalue weighted by Gasteiger charge is 2.13. The summed E-state index contributed by atoms with van der Waals surface area (Å²) in [4.78, 5) is 8.93. The summed E-state index contributed by atoms with van der Waals surface area (Å²) in [6.07, 6.45) is 7.60. The molecule has 2 aromatic heterocycles. The molecule has 6 rings (SSSR count). The molecule has 6 nitrogen and oxygen atoms in total. The topological polar surface area (TPSA) is 54.1 Å². The Balaban J connectivity index is 1.43. The van der Waals surface area contributed by atoms with Crippen molar-refractivity contribution in [2.24, 2.45) is 0 Å². The zero-order valence-corrected chi connectivity index (χ0v) is 23.1. The van der Waals surface area contributed by atoms with Gasteiger partial charge in [0.15, 0.2) is 11.6 Å². The summed E-state index contributed by atoms with van der Waals surface area (Å²) in [6, 6.07) is 17.2. The molecule has 0 aliphatic carbocycles. The third-order valence-electron chi connectivity index (χ3n) is 7.43. The number of ether oxygens (including phenoxy) is 2. The van der Waals surface area contributed by atoms with Gasteiger partial charge in [-0.1, -0.05) is 48.2 Å². The lowest BCUT2D eigenvalue weighted by Gasteiger charge is -2.13. The highest BCUT2D eigenvalue weighted by atomic mass is 16.5. The highest BCUT2D eigenvalue weighted by molar-refractivity contribution is 6.24. The molecule has 198 valence electrons. The Morgan fingerprint density at radius 3 is 1.48 bits per heavy atom. The minimum atomic E-state index is 0.0792. The lowest BCUT2D eigenvalue weighted by Crippen LogP contribution is -2.15. The predicted octanol–water partition coefficient (Wildman–Crippen LogP) is 5.85. The molecule has 0 saturated carbocycles. The van der Waals surface area contributed by atoms with Gasteiger partial charge in [-0.15, -0.1) is 0 Å². The van der Waals surface area contributed by atoms with Gasteiger partial charge in [0, 0.05) is 50.1 Å². The fourth-order valence-electron chi connectivity index (χ4n) is 5.13. The minimum absolute atomic E-state index is 0.0792. The van der Waals surface area contributed by atoms with Gasteiger partial charge in [-0.25, -0.2) is 9.97 Å². The fourth-order valence-corrected chi connectivity index (χ4v) is 5.13. The van der Waals surface area contributed by atoms with E-state index in [2.05, 4.69) is 82.2 Å². The van der Waals surface area contributed by atoms with Crippen LogP contribution in [0.25, 0.3) is 32.3 Å². The van der Waals surface area contributed by atoms with Crippen LogP contribution in [0, 0.1) is 23.7 Å². The van der Waals surface area contributed by atoms with Crippen LogP contribution in [0.5, 0.6) is 0 Å². The molecular weight excluding hydrogens is 496 g/mol. The lowest BCUT2D eigenvalue weighted by molar-refractivity contribution is 0.103. The largest absolute Gasteiger partial charge is 0.380 e. The Labute approximate surface area is 233 Å². The maximum Gasteiger partial charge on any atom is 0.185 e. The first kappa shape index (κ1) is 25.6. The smallest absolute Gasteiger partial charge is 0.185 e. The third kappa shape index (κ3) is 4.80. The molecule has 4 aromatic carbocycles. The van der Waals surface area contributed by atoms with Gasteiger partial charge in [-0.05, 0) is 70.1 Å². The van der Waals surface area contributed by atoms with Crippen LogP contribution < -0.4 is 0 Å². The zero-order chi connectivity index (χ0) is 27.6. The van der Waals surface area contributed by atoms with E-state index in [1.165, 1.54) is 21.5 Å². The number of aromatic nitrogens is 4. The first-order chi connectivity index (χ1) is 19.6. The van der Waals surface area contributed by atoms with Crippen LogP contribution in [0.4, 0.5) is 0 Å². The SMILES string of the molecule is CO[C@@H](C)Cn1ccnc1C#Cc1ccc2ccc3c(C#Cc4nccn4C[C@H](C)OC)ccc4ccc1c2c43. The van der Waals surface area contributed by atoms with Crippen molar-refractivity contribution in [3.8, 4) is 23.7 Å². The molecule has 0 radical (unpaired) electrons.